The van der Waals surface area contributed by atoms with Crippen LogP contribution in [0.1, 0.15) is 26.7 Å². The summed E-state index contributed by atoms with van der Waals surface area (Å²) in [4.78, 5) is 23.7. The van der Waals surface area contributed by atoms with E-state index < -0.39 is 5.54 Å². The lowest BCUT2D eigenvalue weighted by molar-refractivity contribution is -0.141. The van der Waals surface area contributed by atoms with E-state index in [9.17, 15) is 9.59 Å². The van der Waals surface area contributed by atoms with Crippen LogP contribution in [0.2, 0.25) is 0 Å². The van der Waals surface area contributed by atoms with Gasteiger partial charge in [-0.05, 0) is 45.7 Å². The molecule has 2 aliphatic heterocycles. The maximum Gasteiger partial charge on any atom is 0.245 e. The van der Waals surface area contributed by atoms with Gasteiger partial charge in [-0.1, -0.05) is 0 Å². The van der Waals surface area contributed by atoms with Crippen LogP contribution in [-0.2, 0) is 9.59 Å². The third-order valence-electron chi connectivity index (χ3n) is 3.43. The van der Waals surface area contributed by atoms with Crippen LogP contribution in [0.3, 0.4) is 0 Å². The lowest BCUT2D eigenvalue weighted by Crippen LogP contribution is -2.68. The molecule has 0 aromatic rings. The fourth-order valence-corrected chi connectivity index (χ4v) is 2.34. The van der Waals surface area contributed by atoms with Gasteiger partial charge in [0.25, 0.3) is 0 Å². The molecule has 0 radical (unpaired) electrons. The Morgan fingerprint density at radius 1 is 1.18 bits per heavy atom. The fraction of sp³-hybridized carbons (Fsp3) is 0.818. The average Bonchev–Trinajstić information content (AvgIpc) is 2.24. The molecule has 3 N–H and O–H groups in total. The van der Waals surface area contributed by atoms with Gasteiger partial charge in [-0.2, -0.15) is 0 Å². The van der Waals surface area contributed by atoms with Crippen LogP contribution in [-0.4, -0.2) is 36.5 Å². The van der Waals surface area contributed by atoms with Gasteiger partial charge in [-0.3, -0.25) is 9.59 Å². The van der Waals surface area contributed by atoms with Crippen LogP contribution in [0.4, 0.5) is 0 Å². The number of hydrogen-bond acceptors (Lipinski definition) is 3. The molecule has 17 heavy (non-hydrogen) atoms. The number of piperidine rings is 1. The molecular formula is C11H20ClN3O2. The number of hydrogen-bond donors (Lipinski definition) is 3. The van der Waals surface area contributed by atoms with E-state index in [0.717, 1.165) is 25.9 Å². The lowest BCUT2D eigenvalue weighted by atomic mass is 9.86. The Bertz CT molecular complexity index is 314. The molecule has 0 aliphatic carbocycles. The predicted molar refractivity (Wildman–Crippen MR) is 67.0 cm³/mol. The molecule has 0 spiro atoms. The topological polar surface area (TPSA) is 70.2 Å². The Morgan fingerprint density at radius 3 is 2.35 bits per heavy atom. The van der Waals surface area contributed by atoms with Gasteiger partial charge in [0.1, 0.15) is 11.6 Å². The average molecular weight is 262 g/mol. The minimum Gasteiger partial charge on any atom is -0.342 e. The molecule has 2 amide bonds. The van der Waals surface area contributed by atoms with Crippen molar-refractivity contribution < 1.29 is 9.59 Å². The van der Waals surface area contributed by atoms with Crippen LogP contribution in [0.5, 0.6) is 0 Å². The van der Waals surface area contributed by atoms with Crippen molar-refractivity contribution in [3.05, 3.63) is 0 Å². The van der Waals surface area contributed by atoms with Crippen LogP contribution in [0.15, 0.2) is 0 Å². The van der Waals surface area contributed by atoms with E-state index in [2.05, 4.69) is 16.0 Å². The number of carbonyl (C=O) groups is 2. The van der Waals surface area contributed by atoms with Crippen molar-refractivity contribution in [1.29, 1.82) is 0 Å². The van der Waals surface area contributed by atoms with Crippen molar-refractivity contribution in [2.75, 3.05) is 13.1 Å². The molecule has 5 nitrogen and oxygen atoms in total. The van der Waals surface area contributed by atoms with Crippen molar-refractivity contribution in [1.82, 2.24) is 16.0 Å². The monoisotopic (exact) mass is 261 g/mol. The summed E-state index contributed by atoms with van der Waals surface area (Å²) in [7, 11) is 0. The maximum absolute atomic E-state index is 11.9. The van der Waals surface area contributed by atoms with Gasteiger partial charge in [0.15, 0.2) is 0 Å². The molecule has 0 saturated carbocycles. The maximum atomic E-state index is 11.9. The number of halogens is 1. The van der Waals surface area contributed by atoms with Crippen molar-refractivity contribution in [2.24, 2.45) is 5.92 Å². The second-order valence-corrected chi connectivity index (χ2v) is 5.15. The molecule has 2 rings (SSSR count). The van der Waals surface area contributed by atoms with Gasteiger partial charge in [0.05, 0.1) is 0 Å². The second kappa shape index (κ2) is 5.23. The van der Waals surface area contributed by atoms with Crippen LogP contribution in [0, 0.1) is 5.92 Å². The Labute approximate surface area is 108 Å². The van der Waals surface area contributed by atoms with E-state index in [1.807, 2.05) is 0 Å². The number of piperazine rings is 1. The number of rotatable bonds is 1. The predicted octanol–water partition coefficient (Wildman–Crippen LogP) is -0.199. The molecule has 2 saturated heterocycles. The molecular weight excluding hydrogens is 242 g/mol. The summed E-state index contributed by atoms with van der Waals surface area (Å²) in [6.45, 7) is 5.29. The second-order valence-electron chi connectivity index (χ2n) is 5.15. The molecule has 6 heteroatoms. The third-order valence-corrected chi connectivity index (χ3v) is 3.43. The molecule has 2 aliphatic rings. The van der Waals surface area contributed by atoms with Crippen molar-refractivity contribution in [2.45, 2.75) is 38.3 Å². The number of amides is 2. The Morgan fingerprint density at radius 2 is 1.76 bits per heavy atom. The first kappa shape index (κ1) is 14.3. The summed E-state index contributed by atoms with van der Waals surface area (Å²) in [5, 5.41) is 8.88. The fourth-order valence-electron chi connectivity index (χ4n) is 2.34. The molecule has 0 bridgehead atoms. The summed E-state index contributed by atoms with van der Waals surface area (Å²) in [5.74, 6) is 0.133. The van der Waals surface area contributed by atoms with Crippen molar-refractivity contribution >= 4 is 24.2 Å². The molecule has 1 unspecified atom stereocenters. The molecule has 98 valence electrons. The van der Waals surface area contributed by atoms with Crippen LogP contribution < -0.4 is 16.0 Å². The molecule has 0 aromatic carbocycles. The molecule has 1 atom stereocenters. The zero-order valence-corrected chi connectivity index (χ0v) is 11.0. The summed E-state index contributed by atoms with van der Waals surface area (Å²) >= 11 is 0. The quantitative estimate of drug-likeness (QED) is 0.612. The van der Waals surface area contributed by atoms with Crippen molar-refractivity contribution in [3.63, 3.8) is 0 Å². The van der Waals surface area contributed by atoms with Gasteiger partial charge in [0.2, 0.25) is 11.8 Å². The summed E-state index contributed by atoms with van der Waals surface area (Å²) in [6, 6.07) is -0.345. The lowest BCUT2D eigenvalue weighted by Gasteiger charge is -2.39. The van der Waals surface area contributed by atoms with Gasteiger partial charge in [-0.25, -0.2) is 0 Å². The smallest absolute Gasteiger partial charge is 0.245 e. The van der Waals surface area contributed by atoms with E-state index in [4.69, 9.17) is 0 Å². The van der Waals surface area contributed by atoms with Crippen molar-refractivity contribution in [3.8, 4) is 0 Å². The zero-order chi connectivity index (χ0) is 11.8. The molecule has 0 aromatic heterocycles. The Balaban J connectivity index is 0.00000144. The third kappa shape index (κ3) is 2.90. The van der Waals surface area contributed by atoms with E-state index in [1.165, 1.54) is 0 Å². The van der Waals surface area contributed by atoms with E-state index in [0.29, 0.717) is 0 Å². The normalized spacial score (nSPS) is 28.9. The first-order chi connectivity index (χ1) is 7.50. The van der Waals surface area contributed by atoms with Crippen LogP contribution >= 0.6 is 12.4 Å². The van der Waals surface area contributed by atoms with Crippen LogP contribution in [0.25, 0.3) is 0 Å². The van der Waals surface area contributed by atoms with E-state index >= 15 is 0 Å². The minimum absolute atomic E-state index is 0. The molecule has 2 heterocycles. The highest BCUT2D eigenvalue weighted by Gasteiger charge is 2.42. The van der Waals surface area contributed by atoms with E-state index in [-0.39, 0.29) is 36.2 Å². The SMILES string of the molecule is CC1(C)NC(=O)C(C2CCNCC2)NC1=O.Cl. The number of nitrogens with one attached hydrogen (secondary N) is 3. The standard InChI is InChI=1S/C11H19N3O2.ClH/c1-11(2)10(16)13-8(9(15)14-11)7-3-5-12-6-4-7;/h7-8,12H,3-6H2,1-2H3,(H,13,16)(H,14,15);1H. The zero-order valence-electron chi connectivity index (χ0n) is 10.2. The highest BCUT2D eigenvalue weighted by molar-refractivity contribution is 5.99. The Kier molecular flexibility index (Phi) is 4.38. The highest BCUT2D eigenvalue weighted by Crippen LogP contribution is 2.20. The summed E-state index contributed by atoms with van der Waals surface area (Å²) in [5.41, 5.74) is -0.777. The largest absolute Gasteiger partial charge is 0.342 e. The van der Waals surface area contributed by atoms with E-state index in [1.54, 1.807) is 13.8 Å². The number of carbonyl (C=O) groups excluding carboxylic acids is 2. The van der Waals surface area contributed by atoms with Gasteiger partial charge < -0.3 is 16.0 Å². The van der Waals surface area contributed by atoms with Gasteiger partial charge in [-0.15, -0.1) is 12.4 Å². The highest BCUT2D eigenvalue weighted by atomic mass is 35.5. The van der Waals surface area contributed by atoms with Gasteiger partial charge in [0, 0.05) is 0 Å². The Hall–Kier alpha value is -0.810. The molecule has 2 fully saturated rings. The van der Waals surface area contributed by atoms with Gasteiger partial charge >= 0.3 is 0 Å². The first-order valence-corrected chi connectivity index (χ1v) is 5.84. The minimum atomic E-state index is -0.777. The summed E-state index contributed by atoms with van der Waals surface area (Å²) < 4.78 is 0. The summed E-state index contributed by atoms with van der Waals surface area (Å²) in [6.07, 6.45) is 1.89. The first-order valence-electron chi connectivity index (χ1n) is 5.84.